The van der Waals surface area contributed by atoms with Crippen molar-refractivity contribution >= 4 is 44.4 Å². The van der Waals surface area contributed by atoms with Crippen molar-refractivity contribution < 1.29 is 22.7 Å². The van der Waals surface area contributed by atoms with Gasteiger partial charge in [-0.1, -0.05) is 39.0 Å². The van der Waals surface area contributed by atoms with Crippen LogP contribution in [0.2, 0.25) is 0 Å². The second-order valence-electron chi connectivity index (χ2n) is 7.60. The van der Waals surface area contributed by atoms with Gasteiger partial charge in [0.15, 0.2) is 10.3 Å². The van der Waals surface area contributed by atoms with E-state index in [1.54, 1.807) is 17.0 Å². The minimum absolute atomic E-state index is 0.0273. The molecule has 3 aromatic rings. The quantitative estimate of drug-likeness (QED) is 0.173. The van der Waals surface area contributed by atoms with Gasteiger partial charge in [0.2, 0.25) is 5.78 Å². The zero-order chi connectivity index (χ0) is 24.4. The summed E-state index contributed by atoms with van der Waals surface area (Å²) in [6.45, 7) is 2.41. The lowest BCUT2D eigenvalue weighted by Crippen LogP contribution is -2.14. The van der Waals surface area contributed by atoms with Crippen molar-refractivity contribution in [3.63, 3.8) is 0 Å². The maximum absolute atomic E-state index is 13.6. The van der Waals surface area contributed by atoms with Gasteiger partial charge in [0.05, 0.1) is 18.7 Å². The fraction of sp³-hybridized carbons (Fsp3) is 0.435. The Morgan fingerprint density at radius 3 is 2.62 bits per heavy atom. The first-order valence-corrected chi connectivity index (χ1v) is 12.9. The Morgan fingerprint density at radius 2 is 1.88 bits per heavy atom. The molecule has 1 aromatic carbocycles. The van der Waals surface area contributed by atoms with Gasteiger partial charge in [-0.3, -0.25) is 4.79 Å². The molecule has 0 aliphatic heterocycles. The summed E-state index contributed by atoms with van der Waals surface area (Å²) in [7, 11) is 0. The number of nitrogens with zero attached hydrogens (tertiary/aromatic N) is 2. The van der Waals surface area contributed by atoms with E-state index in [1.165, 1.54) is 29.9 Å². The van der Waals surface area contributed by atoms with Gasteiger partial charge in [0.1, 0.15) is 11.4 Å². The van der Waals surface area contributed by atoms with Crippen molar-refractivity contribution in [3.05, 3.63) is 46.4 Å². The number of carbonyl (C=O) groups is 1. The van der Waals surface area contributed by atoms with Crippen LogP contribution in [0.3, 0.4) is 0 Å². The number of hydrogen-bond acceptors (Lipinski definition) is 8. The largest absolute Gasteiger partial charge is 0.493 e. The molecular formula is C23H27F3N4O2S2. The van der Waals surface area contributed by atoms with Crippen molar-refractivity contribution in [1.29, 1.82) is 0 Å². The Balaban J connectivity index is 1.57. The summed E-state index contributed by atoms with van der Waals surface area (Å²) in [5.41, 5.74) is -0.399. The van der Waals surface area contributed by atoms with Crippen LogP contribution < -0.4 is 15.4 Å². The highest BCUT2D eigenvalue weighted by Crippen LogP contribution is 2.38. The van der Waals surface area contributed by atoms with Crippen LogP contribution in [-0.2, 0) is 6.18 Å². The molecule has 0 unspecified atom stereocenters. The van der Waals surface area contributed by atoms with E-state index in [2.05, 4.69) is 27.5 Å². The summed E-state index contributed by atoms with van der Waals surface area (Å²) in [6, 6.07) is 3.84. The molecule has 0 aliphatic rings. The normalized spacial score (nSPS) is 11.4. The summed E-state index contributed by atoms with van der Waals surface area (Å²) in [5.74, 6) is -0.427. The van der Waals surface area contributed by atoms with Gasteiger partial charge in [0.25, 0.3) is 0 Å². The molecule has 0 radical (unpaired) electrons. The van der Waals surface area contributed by atoms with Gasteiger partial charge in [-0.15, -0.1) is 22.7 Å². The predicted octanol–water partition coefficient (Wildman–Crippen LogP) is 7.40. The van der Waals surface area contributed by atoms with Gasteiger partial charge >= 0.3 is 6.18 Å². The average Bonchev–Trinajstić information content (AvgIpc) is 3.49. The summed E-state index contributed by atoms with van der Waals surface area (Å²) in [4.78, 5) is 20.5. The van der Waals surface area contributed by atoms with Crippen LogP contribution >= 0.6 is 22.7 Å². The first-order chi connectivity index (χ1) is 16.4. The molecule has 0 saturated carbocycles. The highest BCUT2D eigenvalue weighted by molar-refractivity contribution is 7.14. The molecule has 0 bridgehead atoms. The first-order valence-electron chi connectivity index (χ1n) is 11.1. The molecule has 0 saturated heterocycles. The lowest BCUT2D eigenvalue weighted by atomic mass is 10.1. The Morgan fingerprint density at radius 1 is 1.09 bits per heavy atom. The summed E-state index contributed by atoms with van der Waals surface area (Å²) in [6.07, 6.45) is 3.24. The Kier molecular flexibility index (Phi) is 9.70. The van der Waals surface area contributed by atoms with Crippen LogP contribution in [0, 0.1) is 0 Å². The number of aromatic nitrogens is 2. The number of anilines is 3. The number of ketones is 1. The molecule has 2 N–H and O–H groups in total. The van der Waals surface area contributed by atoms with Gasteiger partial charge in [-0.05, 0) is 24.6 Å². The fourth-order valence-corrected chi connectivity index (χ4v) is 4.42. The number of nitrogens with one attached hydrogen (secondary N) is 2. The standard InChI is InChI=1S/C23H27F3N4O2S2/c1-2-3-4-5-6-7-11-32-20-9-8-16(13-17(20)23(24,25)26)29-22-30-18(15-34-22)19(31)14-28-21-27-10-12-33-21/h8-10,12-13,15H,2-7,11,14H2,1H3,(H,27,28)(H,29,30). The first kappa shape index (κ1) is 26.0. The van der Waals surface area contributed by atoms with E-state index in [4.69, 9.17) is 4.74 Å². The van der Waals surface area contributed by atoms with E-state index in [0.717, 1.165) is 43.1 Å². The molecule has 0 spiro atoms. The molecule has 0 atom stereocenters. The van der Waals surface area contributed by atoms with E-state index < -0.39 is 11.7 Å². The number of hydrogen-bond donors (Lipinski definition) is 2. The zero-order valence-electron chi connectivity index (χ0n) is 18.8. The van der Waals surface area contributed by atoms with Gasteiger partial charge < -0.3 is 15.4 Å². The van der Waals surface area contributed by atoms with Crippen LogP contribution in [0.25, 0.3) is 0 Å². The van der Waals surface area contributed by atoms with Crippen molar-refractivity contribution in [2.24, 2.45) is 0 Å². The number of halogens is 3. The third-order valence-corrected chi connectivity index (χ3v) is 6.40. The number of carbonyl (C=O) groups excluding carboxylic acids is 1. The topological polar surface area (TPSA) is 76.1 Å². The van der Waals surface area contributed by atoms with Crippen LogP contribution in [0.5, 0.6) is 5.75 Å². The molecule has 34 heavy (non-hydrogen) atoms. The van der Waals surface area contributed by atoms with Gasteiger partial charge in [-0.2, -0.15) is 13.2 Å². The average molecular weight is 513 g/mol. The monoisotopic (exact) mass is 512 g/mol. The Hall–Kier alpha value is -2.66. The van der Waals surface area contributed by atoms with Gasteiger partial charge in [0, 0.05) is 22.6 Å². The SMILES string of the molecule is CCCCCCCCOc1ccc(Nc2nc(C(=O)CNc3nccs3)cs2)cc1C(F)(F)F. The van der Waals surface area contributed by atoms with Crippen LogP contribution in [-0.4, -0.2) is 28.9 Å². The maximum atomic E-state index is 13.6. The molecular weight excluding hydrogens is 485 g/mol. The minimum Gasteiger partial charge on any atom is -0.493 e. The van der Waals surface area contributed by atoms with Crippen molar-refractivity contribution in [3.8, 4) is 5.75 Å². The van der Waals surface area contributed by atoms with E-state index in [9.17, 15) is 18.0 Å². The number of alkyl halides is 3. The Bertz CT molecular complexity index is 1040. The molecule has 0 amide bonds. The zero-order valence-corrected chi connectivity index (χ0v) is 20.4. The molecule has 2 aromatic heterocycles. The van der Waals surface area contributed by atoms with E-state index in [-0.39, 0.29) is 36.1 Å². The van der Waals surface area contributed by atoms with E-state index in [0.29, 0.717) is 16.7 Å². The number of rotatable bonds is 14. The predicted molar refractivity (Wildman–Crippen MR) is 131 cm³/mol. The summed E-state index contributed by atoms with van der Waals surface area (Å²) in [5, 5.41) is 10.1. The van der Waals surface area contributed by atoms with Crippen molar-refractivity contribution in [2.75, 3.05) is 23.8 Å². The second kappa shape index (κ2) is 12.7. The highest BCUT2D eigenvalue weighted by atomic mass is 32.1. The number of thiazole rings is 2. The minimum atomic E-state index is -4.56. The number of Topliss-reactive ketones (excluding diaryl/α,β-unsaturated/α-hetero) is 1. The summed E-state index contributed by atoms with van der Waals surface area (Å²) >= 11 is 2.52. The second-order valence-corrected chi connectivity index (χ2v) is 9.35. The highest BCUT2D eigenvalue weighted by Gasteiger charge is 2.34. The number of unbranched alkanes of at least 4 members (excludes halogenated alkanes) is 5. The molecule has 11 heteroatoms. The maximum Gasteiger partial charge on any atom is 0.420 e. The van der Waals surface area contributed by atoms with Crippen molar-refractivity contribution in [1.82, 2.24) is 9.97 Å². The fourth-order valence-electron chi connectivity index (χ4n) is 3.16. The van der Waals surface area contributed by atoms with Crippen LogP contribution in [0.15, 0.2) is 35.2 Å². The smallest absolute Gasteiger partial charge is 0.420 e. The molecule has 0 aliphatic carbocycles. The van der Waals surface area contributed by atoms with Crippen LogP contribution in [0.4, 0.5) is 29.1 Å². The molecule has 6 nitrogen and oxygen atoms in total. The third-order valence-electron chi connectivity index (χ3n) is 4.91. The molecule has 184 valence electrons. The molecule has 2 heterocycles. The lowest BCUT2D eigenvalue weighted by Gasteiger charge is -2.15. The van der Waals surface area contributed by atoms with Crippen LogP contribution in [0.1, 0.15) is 61.5 Å². The Labute approximate surface area is 204 Å². The lowest BCUT2D eigenvalue weighted by molar-refractivity contribution is -0.138. The van der Waals surface area contributed by atoms with E-state index >= 15 is 0 Å². The van der Waals surface area contributed by atoms with Gasteiger partial charge in [-0.25, -0.2) is 9.97 Å². The summed E-state index contributed by atoms with van der Waals surface area (Å²) < 4.78 is 46.3. The number of benzene rings is 1. The van der Waals surface area contributed by atoms with E-state index in [1.807, 2.05) is 0 Å². The third kappa shape index (κ3) is 7.98. The van der Waals surface area contributed by atoms with Crippen molar-refractivity contribution in [2.45, 2.75) is 51.6 Å². The number of ether oxygens (including phenoxy) is 1. The molecule has 3 rings (SSSR count). The molecule has 0 fully saturated rings.